The van der Waals surface area contributed by atoms with E-state index in [9.17, 15) is 0 Å². The zero-order valence-corrected chi connectivity index (χ0v) is 13.5. The first-order valence-electron chi connectivity index (χ1n) is 7.98. The molecule has 0 saturated heterocycles. The standard InChI is InChI=1S/C21H20N2/c1-16-18(17-9-4-3-5-10-17)11-8-14-19(16)23-15-22(2)20-12-6-7-13-21(20)23/h3-14H,15H2,1-2H3. The van der Waals surface area contributed by atoms with Gasteiger partial charge in [0.1, 0.15) is 0 Å². The summed E-state index contributed by atoms with van der Waals surface area (Å²) in [7, 11) is 2.15. The summed E-state index contributed by atoms with van der Waals surface area (Å²) in [6, 6.07) is 25.8. The van der Waals surface area contributed by atoms with E-state index in [0.717, 1.165) is 6.67 Å². The molecule has 2 heteroatoms. The lowest BCUT2D eigenvalue weighted by atomic mass is 9.98. The third-order valence-corrected chi connectivity index (χ3v) is 4.62. The van der Waals surface area contributed by atoms with Crippen molar-refractivity contribution >= 4 is 17.1 Å². The van der Waals surface area contributed by atoms with E-state index < -0.39 is 0 Å². The highest BCUT2D eigenvalue weighted by molar-refractivity contribution is 5.85. The number of rotatable bonds is 2. The Kier molecular flexibility index (Phi) is 3.30. The van der Waals surface area contributed by atoms with E-state index in [2.05, 4.69) is 96.6 Å². The van der Waals surface area contributed by atoms with Crippen LogP contribution in [0.25, 0.3) is 11.1 Å². The molecule has 0 amide bonds. The molecule has 114 valence electrons. The van der Waals surface area contributed by atoms with Gasteiger partial charge in [-0.05, 0) is 41.8 Å². The fraction of sp³-hybridized carbons (Fsp3) is 0.143. The minimum absolute atomic E-state index is 0.887. The Morgan fingerprint density at radius 3 is 2.13 bits per heavy atom. The maximum Gasteiger partial charge on any atom is 0.0950 e. The maximum absolute atomic E-state index is 2.40. The SMILES string of the molecule is Cc1c(-c2ccccc2)cccc1N1CN(C)c2ccccc21. The predicted octanol–water partition coefficient (Wildman–Crippen LogP) is 5.21. The van der Waals surface area contributed by atoms with Crippen LogP contribution < -0.4 is 9.80 Å². The molecule has 0 bridgehead atoms. The van der Waals surface area contributed by atoms with E-state index in [1.807, 2.05) is 0 Å². The Morgan fingerprint density at radius 1 is 0.696 bits per heavy atom. The van der Waals surface area contributed by atoms with Crippen LogP contribution in [0.5, 0.6) is 0 Å². The molecule has 3 aromatic carbocycles. The highest BCUT2D eigenvalue weighted by Gasteiger charge is 2.25. The quantitative estimate of drug-likeness (QED) is 0.641. The minimum atomic E-state index is 0.887. The van der Waals surface area contributed by atoms with Crippen LogP contribution in [0, 0.1) is 6.92 Å². The van der Waals surface area contributed by atoms with E-state index in [1.54, 1.807) is 0 Å². The van der Waals surface area contributed by atoms with Gasteiger partial charge in [0, 0.05) is 12.7 Å². The molecule has 0 spiro atoms. The summed E-state index contributed by atoms with van der Waals surface area (Å²) in [6.45, 7) is 3.11. The van der Waals surface area contributed by atoms with Crippen LogP contribution in [0.3, 0.4) is 0 Å². The number of benzene rings is 3. The topological polar surface area (TPSA) is 6.48 Å². The van der Waals surface area contributed by atoms with Crippen molar-refractivity contribution in [2.24, 2.45) is 0 Å². The van der Waals surface area contributed by atoms with Gasteiger partial charge in [0.2, 0.25) is 0 Å². The Balaban J connectivity index is 1.83. The molecule has 0 radical (unpaired) electrons. The number of hydrogen-bond acceptors (Lipinski definition) is 2. The molecule has 0 atom stereocenters. The molecule has 1 heterocycles. The molecule has 2 nitrogen and oxygen atoms in total. The maximum atomic E-state index is 2.40. The van der Waals surface area contributed by atoms with Crippen LogP contribution in [-0.2, 0) is 0 Å². The van der Waals surface area contributed by atoms with Crippen molar-refractivity contribution in [1.29, 1.82) is 0 Å². The number of para-hydroxylation sites is 2. The molecule has 1 aliphatic heterocycles. The van der Waals surface area contributed by atoms with Gasteiger partial charge in [-0.15, -0.1) is 0 Å². The summed E-state index contributed by atoms with van der Waals surface area (Å²) < 4.78 is 0. The fourth-order valence-electron chi connectivity index (χ4n) is 3.43. The van der Waals surface area contributed by atoms with Gasteiger partial charge in [0.05, 0.1) is 18.0 Å². The highest BCUT2D eigenvalue weighted by atomic mass is 15.4. The first kappa shape index (κ1) is 13.9. The summed E-state index contributed by atoms with van der Waals surface area (Å²) >= 11 is 0. The van der Waals surface area contributed by atoms with E-state index in [1.165, 1.54) is 33.8 Å². The Labute approximate surface area is 137 Å². The molecule has 0 aromatic heterocycles. The zero-order valence-electron chi connectivity index (χ0n) is 13.5. The second-order valence-electron chi connectivity index (χ2n) is 6.07. The lowest BCUT2D eigenvalue weighted by Crippen LogP contribution is -2.24. The normalized spacial score (nSPS) is 13.3. The van der Waals surface area contributed by atoms with Crippen LogP contribution >= 0.6 is 0 Å². The number of hydrogen-bond donors (Lipinski definition) is 0. The van der Waals surface area contributed by atoms with Crippen molar-refractivity contribution in [3.8, 4) is 11.1 Å². The number of nitrogens with zero attached hydrogens (tertiary/aromatic N) is 2. The van der Waals surface area contributed by atoms with E-state index >= 15 is 0 Å². The Morgan fingerprint density at radius 2 is 1.35 bits per heavy atom. The van der Waals surface area contributed by atoms with Gasteiger partial charge >= 0.3 is 0 Å². The third kappa shape index (κ3) is 2.27. The van der Waals surface area contributed by atoms with Crippen LogP contribution in [0.2, 0.25) is 0 Å². The molecule has 1 aliphatic rings. The second-order valence-corrected chi connectivity index (χ2v) is 6.07. The summed E-state index contributed by atoms with van der Waals surface area (Å²) in [6.07, 6.45) is 0. The lowest BCUT2D eigenvalue weighted by molar-refractivity contribution is 0.946. The fourth-order valence-corrected chi connectivity index (χ4v) is 3.43. The largest absolute Gasteiger partial charge is 0.355 e. The second kappa shape index (κ2) is 5.47. The van der Waals surface area contributed by atoms with Crippen LogP contribution in [0.15, 0.2) is 72.8 Å². The highest BCUT2D eigenvalue weighted by Crippen LogP contribution is 2.42. The van der Waals surface area contributed by atoms with Crippen LogP contribution in [0.4, 0.5) is 17.1 Å². The molecule has 23 heavy (non-hydrogen) atoms. The van der Waals surface area contributed by atoms with Crippen LogP contribution in [0.1, 0.15) is 5.56 Å². The summed E-state index contributed by atoms with van der Waals surface area (Å²) in [5.74, 6) is 0. The van der Waals surface area contributed by atoms with Gasteiger partial charge in [-0.25, -0.2) is 0 Å². The van der Waals surface area contributed by atoms with Crippen molar-refractivity contribution in [2.75, 3.05) is 23.5 Å². The van der Waals surface area contributed by atoms with Crippen molar-refractivity contribution in [3.63, 3.8) is 0 Å². The van der Waals surface area contributed by atoms with Gasteiger partial charge in [0.15, 0.2) is 0 Å². The van der Waals surface area contributed by atoms with Crippen molar-refractivity contribution in [3.05, 3.63) is 78.4 Å². The first-order valence-corrected chi connectivity index (χ1v) is 7.98. The Bertz CT molecular complexity index is 839. The van der Waals surface area contributed by atoms with Gasteiger partial charge < -0.3 is 9.80 Å². The molecule has 0 saturated carbocycles. The lowest BCUT2D eigenvalue weighted by Gasteiger charge is -2.23. The molecule has 0 fully saturated rings. The molecule has 3 aromatic rings. The summed E-state index contributed by atoms with van der Waals surface area (Å²) in [5, 5.41) is 0. The molecule has 0 unspecified atom stereocenters. The van der Waals surface area contributed by atoms with E-state index in [-0.39, 0.29) is 0 Å². The number of anilines is 3. The average molecular weight is 300 g/mol. The van der Waals surface area contributed by atoms with Crippen molar-refractivity contribution in [2.45, 2.75) is 6.92 Å². The summed E-state index contributed by atoms with van der Waals surface area (Å²) in [4.78, 5) is 4.70. The average Bonchev–Trinajstić information content (AvgIpc) is 2.93. The van der Waals surface area contributed by atoms with E-state index in [4.69, 9.17) is 0 Å². The molecule has 0 aliphatic carbocycles. The van der Waals surface area contributed by atoms with Gasteiger partial charge in [-0.1, -0.05) is 54.6 Å². The van der Waals surface area contributed by atoms with Crippen molar-refractivity contribution < 1.29 is 0 Å². The van der Waals surface area contributed by atoms with Gasteiger partial charge in [0.25, 0.3) is 0 Å². The van der Waals surface area contributed by atoms with Crippen LogP contribution in [-0.4, -0.2) is 13.7 Å². The smallest absolute Gasteiger partial charge is 0.0950 e. The zero-order chi connectivity index (χ0) is 15.8. The molecular weight excluding hydrogens is 280 g/mol. The monoisotopic (exact) mass is 300 g/mol. The van der Waals surface area contributed by atoms with Crippen molar-refractivity contribution in [1.82, 2.24) is 0 Å². The summed E-state index contributed by atoms with van der Waals surface area (Å²) in [5.41, 5.74) is 7.75. The van der Waals surface area contributed by atoms with Gasteiger partial charge in [-0.3, -0.25) is 0 Å². The van der Waals surface area contributed by atoms with E-state index in [0.29, 0.717) is 0 Å². The van der Waals surface area contributed by atoms with Gasteiger partial charge in [-0.2, -0.15) is 0 Å². The molecule has 0 N–H and O–H groups in total. The number of fused-ring (bicyclic) bond motifs is 1. The molecular formula is C21H20N2. The molecule has 4 rings (SSSR count). The predicted molar refractivity (Wildman–Crippen MR) is 98.5 cm³/mol. The first-order chi connectivity index (χ1) is 11.3. The minimum Gasteiger partial charge on any atom is -0.355 e. The Hall–Kier alpha value is -2.74. The third-order valence-electron chi connectivity index (χ3n) is 4.62.